The van der Waals surface area contributed by atoms with Crippen molar-refractivity contribution in [2.75, 3.05) is 11.6 Å². The molecule has 1 atom stereocenters. The number of nitrogens with one attached hydrogen (secondary N) is 3. The Morgan fingerprint density at radius 3 is 2.45 bits per heavy atom. The summed E-state index contributed by atoms with van der Waals surface area (Å²) in [6.45, 7) is 1.90. The van der Waals surface area contributed by atoms with Crippen LogP contribution in [0.2, 0.25) is 0 Å². The van der Waals surface area contributed by atoms with Gasteiger partial charge < -0.3 is 5.32 Å². The van der Waals surface area contributed by atoms with Crippen LogP contribution >= 0.6 is 0 Å². The molecule has 0 spiro atoms. The molecule has 4 rings (SSSR count). The number of nitrogens with zero attached hydrogens (tertiary/aromatic N) is 2. The molecule has 0 bridgehead atoms. The molecule has 158 valence electrons. The van der Waals surface area contributed by atoms with E-state index in [1.54, 1.807) is 36.5 Å². The average Bonchev–Trinajstić information content (AvgIpc) is 3.17. The molecule has 0 saturated heterocycles. The minimum atomic E-state index is -3.26. The van der Waals surface area contributed by atoms with Gasteiger partial charge in [-0.2, -0.15) is 5.10 Å². The summed E-state index contributed by atoms with van der Waals surface area (Å²) in [4.78, 5) is 16.9. The number of fused-ring (bicyclic) bond motifs is 1. The first-order chi connectivity index (χ1) is 14.8. The van der Waals surface area contributed by atoms with Crippen LogP contribution in [-0.4, -0.2) is 35.9 Å². The van der Waals surface area contributed by atoms with E-state index in [-0.39, 0.29) is 17.0 Å². The van der Waals surface area contributed by atoms with E-state index in [2.05, 4.69) is 25.8 Å². The summed E-state index contributed by atoms with van der Waals surface area (Å²) in [5.41, 5.74) is 3.11. The summed E-state index contributed by atoms with van der Waals surface area (Å²) in [7, 11) is -3.26. The normalized spacial score (nSPS) is 12.5. The highest BCUT2D eigenvalue weighted by molar-refractivity contribution is 7.90. The van der Waals surface area contributed by atoms with Gasteiger partial charge >= 0.3 is 6.03 Å². The van der Waals surface area contributed by atoms with Gasteiger partial charge in [-0.15, -0.1) is 0 Å². The molecular weight excluding hydrogens is 414 g/mol. The lowest BCUT2D eigenvalue weighted by Crippen LogP contribution is -2.31. The maximum absolute atomic E-state index is 12.3. The Kier molecular flexibility index (Phi) is 5.43. The standard InChI is InChI=1S/C22H21N5O3S/c1-14(15-6-4-3-5-7-15)24-22(28)25-20-12-19-18(13-23-20)21(27-26-19)16-8-10-17(11-9-16)31(2,29)30/h3-14H,1-2H3,(H,26,27)(H2,23,24,25,28)/t14-/m1/s1. The van der Waals surface area contributed by atoms with Gasteiger partial charge in [0.2, 0.25) is 0 Å². The maximum Gasteiger partial charge on any atom is 0.320 e. The molecule has 2 heterocycles. The van der Waals surface area contributed by atoms with Gasteiger partial charge in [-0.1, -0.05) is 42.5 Å². The van der Waals surface area contributed by atoms with Crippen LogP contribution < -0.4 is 10.6 Å². The Morgan fingerprint density at radius 2 is 1.77 bits per heavy atom. The number of aromatic amines is 1. The largest absolute Gasteiger partial charge is 0.331 e. The highest BCUT2D eigenvalue weighted by atomic mass is 32.2. The average molecular weight is 436 g/mol. The Balaban J connectivity index is 1.50. The first-order valence-electron chi connectivity index (χ1n) is 9.58. The van der Waals surface area contributed by atoms with Crippen molar-refractivity contribution in [3.8, 4) is 11.3 Å². The third-order valence-electron chi connectivity index (χ3n) is 4.89. The molecule has 0 aliphatic heterocycles. The number of rotatable bonds is 5. The van der Waals surface area contributed by atoms with Crippen LogP contribution in [0.15, 0.2) is 71.8 Å². The number of aromatic nitrogens is 3. The number of H-pyrrole nitrogens is 1. The van der Waals surface area contributed by atoms with Crippen molar-refractivity contribution < 1.29 is 13.2 Å². The number of urea groups is 1. The fraction of sp³-hybridized carbons (Fsp3) is 0.136. The molecule has 0 aliphatic carbocycles. The number of pyridine rings is 1. The summed E-state index contributed by atoms with van der Waals surface area (Å²) < 4.78 is 23.3. The van der Waals surface area contributed by atoms with Crippen LogP contribution in [0.25, 0.3) is 22.2 Å². The first-order valence-corrected chi connectivity index (χ1v) is 11.5. The van der Waals surface area contributed by atoms with Crippen molar-refractivity contribution in [1.82, 2.24) is 20.5 Å². The predicted molar refractivity (Wildman–Crippen MR) is 119 cm³/mol. The predicted octanol–water partition coefficient (Wildman–Crippen LogP) is 3.91. The third-order valence-corrected chi connectivity index (χ3v) is 6.02. The van der Waals surface area contributed by atoms with Crippen molar-refractivity contribution in [2.45, 2.75) is 17.9 Å². The molecule has 9 heteroatoms. The number of anilines is 1. The van der Waals surface area contributed by atoms with Crippen LogP contribution in [0, 0.1) is 0 Å². The number of amides is 2. The molecule has 2 amide bonds. The molecule has 2 aromatic carbocycles. The van der Waals surface area contributed by atoms with Crippen molar-refractivity contribution in [2.24, 2.45) is 0 Å². The summed E-state index contributed by atoms with van der Waals surface area (Å²) in [6, 6.07) is 17.4. The summed E-state index contributed by atoms with van der Waals surface area (Å²) >= 11 is 0. The lowest BCUT2D eigenvalue weighted by molar-refractivity contribution is 0.249. The van der Waals surface area contributed by atoms with Crippen LogP contribution in [0.1, 0.15) is 18.5 Å². The van der Waals surface area contributed by atoms with E-state index in [1.807, 2.05) is 37.3 Å². The second-order valence-electron chi connectivity index (χ2n) is 7.21. The van der Waals surface area contributed by atoms with Gasteiger partial charge in [-0.05, 0) is 24.6 Å². The van der Waals surface area contributed by atoms with Crippen molar-refractivity contribution in [3.63, 3.8) is 0 Å². The number of hydrogen-bond donors (Lipinski definition) is 3. The van der Waals surface area contributed by atoms with E-state index in [4.69, 9.17) is 0 Å². The Hall–Kier alpha value is -3.72. The van der Waals surface area contributed by atoms with Gasteiger partial charge in [0.1, 0.15) is 11.5 Å². The molecular formula is C22H21N5O3S. The van der Waals surface area contributed by atoms with Gasteiger partial charge in [-0.3, -0.25) is 10.4 Å². The van der Waals surface area contributed by atoms with Crippen molar-refractivity contribution in [3.05, 3.63) is 72.4 Å². The lowest BCUT2D eigenvalue weighted by Gasteiger charge is -2.14. The smallest absolute Gasteiger partial charge is 0.320 e. The van der Waals surface area contributed by atoms with Crippen LogP contribution in [-0.2, 0) is 9.84 Å². The van der Waals surface area contributed by atoms with E-state index in [1.165, 1.54) is 6.26 Å². The summed E-state index contributed by atoms with van der Waals surface area (Å²) in [6.07, 6.45) is 2.79. The van der Waals surface area contributed by atoms with Crippen LogP contribution in [0.3, 0.4) is 0 Å². The zero-order valence-electron chi connectivity index (χ0n) is 17.0. The summed E-state index contributed by atoms with van der Waals surface area (Å²) in [5.74, 6) is 0.382. The van der Waals surface area contributed by atoms with Gasteiger partial charge in [-0.25, -0.2) is 18.2 Å². The van der Waals surface area contributed by atoms with Gasteiger partial charge in [0, 0.05) is 29.5 Å². The first kappa shape index (κ1) is 20.5. The fourth-order valence-electron chi connectivity index (χ4n) is 3.24. The van der Waals surface area contributed by atoms with E-state index in [9.17, 15) is 13.2 Å². The SMILES string of the molecule is C[C@@H](NC(=O)Nc1cc2[nH]nc(-c3ccc(S(C)(=O)=O)cc3)c2cn1)c1ccccc1. The zero-order chi connectivity index (χ0) is 22.0. The zero-order valence-corrected chi connectivity index (χ0v) is 17.8. The Labute approximate surface area is 179 Å². The molecule has 2 aromatic heterocycles. The Bertz CT molecular complexity index is 1330. The fourth-order valence-corrected chi connectivity index (χ4v) is 3.87. The van der Waals surface area contributed by atoms with Gasteiger partial charge in [0.25, 0.3) is 0 Å². The minimum absolute atomic E-state index is 0.154. The summed E-state index contributed by atoms with van der Waals surface area (Å²) in [5, 5.41) is 13.6. The molecule has 0 fully saturated rings. The van der Waals surface area contributed by atoms with Crippen LogP contribution in [0.5, 0.6) is 0 Å². The monoisotopic (exact) mass is 435 g/mol. The van der Waals surface area contributed by atoms with E-state index < -0.39 is 9.84 Å². The quantitative estimate of drug-likeness (QED) is 0.439. The van der Waals surface area contributed by atoms with E-state index >= 15 is 0 Å². The molecule has 0 radical (unpaired) electrons. The molecule has 4 aromatic rings. The number of carbonyl (C=O) groups excluding carboxylic acids is 1. The third kappa shape index (κ3) is 4.56. The second kappa shape index (κ2) is 8.19. The molecule has 3 N–H and O–H groups in total. The molecule has 0 aliphatic rings. The number of sulfone groups is 1. The van der Waals surface area contributed by atoms with Crippen molar-refractivity contribution in [1.29, 1.82) is 0 Å². The Morgan fingerprint density at radius 1 is 1.06 bits per heavy atom. The van der Waals surface area contributed by atoms with Gasteiger partial charge in [0.15, 0.2) is 9.84 Å². The van der Waals surface area contributed by atoms with Gasteiger partial charge in [0.05, 0.1) is 16.5 Å². The number of hydrogen-bond acceptors (Lipinski definition) is 5. The van der Waals surface area contributed by atoms with E-state index in [0.29, 0.717) is 17.0 Å². The minimum Gasteiger partial charge on any atom is -0.331 e. The topological polar surface area (TPSA) is 117 Å². The molecule has 0 saturated carbocycles. The van der Waals surface area contributed by atoms with Crippen molar-refractivity contribution >= 4 is 32.6 Å². The van der Waals surface area contributed by atoms with Crippen LogP contribution in [0.4, 0.5) is 10.6 Å². The highest BCUT2D eigenvalue weighted by Gasteiger charge is 2.14. The number of carbonyl (C=O) groups is 1. The molecule has 31 heavy (non-hydrogen) atoms. The highest BCUT2D eigenvalue weighted by Crippen LogP contribution is 2.27. The maximum atomic E-state index is 12.3. The lowest BCUT2D eigenvalue weighted by atomic mass is 10.1. The molecule has 8 nitrogen and oxygen atoms in total. The second-order valence-corrected chi connectivity index (χ2v) is 9.23. The molecule has 0 unspecified atom stereocenters. The number of benzene rings is 2. The van der Waals surface area contributed by atoms with E-state index in [0.717, 1.165) is 16.5 Å².